The van der Waals surface area contributed by atoms with Gasteiger partial charge in [0, 0.05) is 19.2 Å². The predicted molar refractivity (Wildman–Crippen MR) is 76.0 cm³/mol. The van der Waals surface area contributed by atoms with Crippen LogP contribution >= 0.6 is 11.6 Å². The summed E-state index contributed by atoms with van der Waals surface area (Å²) in [6.45, 7) is 1.16. The number of nitro benzene ring substituents is 1. The van der Waals surface area contributed by atoms with Gasteiger partial charge in [-0.3, -0.25) is 14.9 Å². The number of para-hydroxylation sites is 1. The van der Waals surface area contributed by atoms with Crippen molar-refractivity contribution < 1.29 is 19.2 Å². The summed E-state index contributed by atoms with van der Waals surface area (Å²) in [5, 5.41) is 11.0. The van der Waals surface area contributed by atoms with Crippen molar-refractivity contribution in [2.75, 3.05) is 32.7 Å². The molecule has 7 nitrogen and oxygen atoms in total. The number of alkyl halides is 1. The van der Waals surface area contributed by atoms with Crippen molar-refractivity contribution in [2.45, 2.75) is 6.10 Å². The summed E-state index contributed by atoms with van der Waals surface area (Å²) < 4.78 is 10.5. The van der Waals surface area contributed by atoms with E-state index in [0.29, 0.717) is 19.7 Å². The highest BCUT2D eigenvalue weighted by atomic mass is 35.5. The highest BCUT2D eigenvalue weighted by Crippen LogP contribution is 2.31. The average molecular weight is 315 g/mol. The van der Waals surface area contributed by atoms with Gasteiger partial charge in [0.1, 0.15) is 0 Å². The molecule has 0 N–H and O–H groups in total. The number of methoxy groups -OCH3 is 1. The third-order valence-electron chi connectivity index (χ3n) is 3.22. The van der Waals surface area contributed by atoms with Gasteiger partial charge in [-0.05, 0) is 6.07 Å². The molecule has 0 saturated carbocycles. The molecule has 0 radical (unpaired) electrons. The summed E-state index contributed by atoms with van der Waals surface area (Å²) in [5.74, 6) is -0.0639. The van der Waals surface area contributed by atoms with E-state index in [1.807, 2.05) is 0 Å². The van der Waals surface area contributed by atoms with Crippen molar-refractivity contribution in [1.29, 1.82) is 0 Å². The van der Waals surface area contributed by atoms with Crippen LogP contribution in [0.5, 0.6) is 5.75 Å². The lowest BCUT2D eigenvalue weighted by Crippen LogP contribution is -2.46. The maximum Gasteiger partial charge on any atom is 0.311 e. The molecule has 1 atom stereocenters. The second-order valence-corrected chi connectivity index (χ2v) is 4.82. The number of halogens is 1. The number of carbonyl (C=O) groups excluding carboxylic acids is 1. The van der Waals surface area contributed by atoms with E-state index in [2.05, 4.69) is 0 Å². The van der Waals surface area contributed by atoms with Gasteiger partial charge < -0.3 is 14.4 Å². The summed E-state index contributed by atoms with van der Waals surface area (Å²) in [4.78, 5) is 24.5. The first-order valence-electron chi connectivity index (χ1n) is 6.36. The molecule has 1 amide bonds. The van der Waals surface area contributed by atoms with E-state index in [1.165, 1.54) is 25.3 Å². The normalized spacial score (nSPS) is 18.4. The zero-order chi connectivity index (χ0) is 15.4. The Hall–Kier alpha value is -1.86. The quantitative estimate of drug-likeness (QED) is 0.480. The number of hydrogen-bond acceptors (Lipinski definition) is 5. The van der Waals surface area contributed by atoms with Crippen LogP contribution in [-0.2, 0) is 4.74 Å². The van der Waals surface area contributed by atoms with Gasteiger partial charge in [0.05, 0.1) is 36.2 Å². The third kappa shape index (κ3) is 3.25. The second-order valence-electron chi connectivity index (χ2n) is 4.51. The molecule has 21 heavy (non-hydrogen) atoms. The van der Waals surface area contributed by atoms with Gasteiger partial charge >= 0.3 is 5.69 Å². The third-order valence-corrected chi connectivity index (χ3v) is 3.57. The molecule has 0 spiro atoms. The highest BCUT2D eigenvalue weighted by molar-refractivity contribution is 6.18. The molecule has 1 heterocycles. The molecule has 1 aromatic rings. The topological polar surface area (TPSA) is 81.9 Å². The number of morpholine rings is 1. The molecule has 114 valence electrons. The van der Waals surface area contributed by atoms with E-state index in [-0.39, 0.29) is 34.9 Å². The standard InChI is InChI=1S/C13H15ClN2O5/c1-20-12-10(3-2-4-11(12)16(18)19)13(17)15-5-6-21-9(7-14)8-15/h2-4,9H,5-8H2,1H3. The number of ether oxygens (including phenoxy) is 2. The Morgan fingerprint density at radius 2 is 2.38 bits per heavy atom. The molecular formula is C13H15ClN2O5. The van der Waals surface area contributed by atoms with E-state index >= 15 is 0 Å². The van der Waals surface area contributed by atoms with Crippen LogP contribution in [0.1, 0.15) is 10.4 Å². The van der Waals surface area contributed by atoms with E-state index in [9.17, 15) is 14.9 Å². The summed E-state index contributed by atoms with van der Waals surface area (Å²) in [6.07, 6.45) is -0.228. The fourth-order valence-electron chi connectivity index (χ4n) is 2.22. The maximum absolute atomic E-state index is 12.5. The molecule has 0 bridgehead atoms. The Morgan fingerprint density at radius 1 is 1.62 bits per heavy atom. The van der Waals surface area contributed by atoms with Crippen LogP contribution in [0.25, 0.3) is 0 Å². The molecular weight excluding hydrogens is 300 g/mol. The van der Waals surface area contributed by atoms with Gasteiger partial charge in [-0.15, -0.1) is 11.6 Å². The average Bonchev–Trinajstić information content (AvgIpc) is 2.53. The minimum atomic E-state index is -0.573. The fraction of sp³-hybridized carbons (Fsp3) is 0.462. The minimum Gasteiger partial charge on any atom is -0.490 e. The first-order valence-corrected chi connectivity index (χ1v) is 6.90. The van der Waals surface area contributed by atoms with Gasteiger partial charge in [0.25, 0.3) is 5.91 Å². The summed E-state index contributed by atoms with van der Waals surface area (Å²) in [7, 11) is 1.31. The largest absolute Gasteiger partial charge is 0.490 e. The number of nitro groups is 1. The Kier molecular flexibility index (Phi) is 4.98. The number of rotatable bonds is 4. The molecule has 1 saturated heterocycles. The van der Waals surface area contributed by atoms with Crippen LogP contribution < -0.4 is 4.74 Å². The summed E-state index contributed by atoms with van der Waals surface area (Å²) in [6, 6.07) is 4.28. The lowest BCUT2D eigenvalue weighted by molar-refractivity contribution is -0.385. The predicted octanol–water partition coefficient (Wildman–Crippen LogP) is 1.68. The van der Waals surface area contributed by atoms with Crippen LogP contribution in [-0.4, -0.2) is 54.5 Å². The zero-order valence-corrected chi connectivity index (χ0v) is 12.2. The van der Waals surface area contributed by atoms with Crippen molar-refractivity contribution in [3.05, 3.63) is 33.9 Å². The van der Waals surface area contributed by atoms with Gasteiger partial charge in [-0.1, -0.05) is 6.07 Å². The SMILES string of the molecule is COc1c(C(=O)N2CCOC(CCl)C2)cccc1[N+](=O)[O-]. The number of carbonyl (C=O) groups is 1. The van der Waals surface area contributed by atoms with Gasteiger partial charge in [-0.2, -0.15) is 0 Å². The van der Waals surface area contributed by atoms with Crippen LogP contribution in [0.3, 0.4) is 0 Å². The Morgan fingerprint density at radius 3 is 3.00 bits per heavy atom. The molecule has 1 unspecified atom stereocenters. The van der Waals surface area contributed by atoms with E-state index < -0.39 is 4.92 Å². The van der Waals surface area contributed by atoms with Crippen molar-refractivity contribution in [1.82, 2.24) is 4.90 Å². The van der Waals surface area contributed by atoms with Gasteiger partial charge in [0.2, 0.25) is 5.75 Å². The Bertz CT molecular complexity index is 551. The summed E-state index contributed by atoms with van der Waals surface area (Å²) in [5.41, 5.74) is -0.0626. The first kappa shape index (κ1) is 15.5. The minimum absolute atomic E-state index is 0.0265. The molecule has 2 rings (SSSR count). The highest BCUT2D eigenvalue weighted by Gasteiger charge is 2.29. The van der Waals surface area contributed by atoms with Crippen molar-refractivity contribution in [3.8, 4) is 5.75 Å². The molecule has 1 aliphatic rings. The first-order chi connectivity index (χ1) is 10.1. The van der Waals surface area contributed by atoms with Crippen LogP contribution in [0.2, 0.25) is 0 Å². The molecule has 0 aliphatic carbocycles. The maximum atomic E-state index is 12.5. The number of benzene rings is 1. The number of nitrogens with zero attached hydrogens (tertiary/aromatic N) is 2. The smallest absolute Gasteiger partial charge is 0.311 e. The van der Waals surface area contributed by atoms with Crippen molar-refractivity contribution in [3.63, 3.8) is 0 Å². The number of hydrogen-bond donors (Lipinski definition) is 0. The van der Waals surface area contributed by atoms with E-state index in [0.717, 1.165) is 0 Å². The van der Waals surface area contributed by atoms with E-state index in [4.69, 9.17) is 21.1 Å². The molecule has 0 aromatic heterocycles. The molecule has 1 fully saturated rings. The molecule has 1 aromatic carbocycles. The number of amides is 1. The monoisotopic (exact) mass is 314 g/mol. The molecule has 8 heteroatoms. The van der Waals surface area contributed by atoms with Crippen LogP contribution in [0.15, 0.2) is 18.2 Å². The van der Waals surface area contributed by atoms with Gasteiger partial charge in [-0.25, -0.2) is 0 Å². The van der Waals surface area contributed by atoms with Gasteiger partial charge in [0.15, 0.2) is 0 Å². The lowest BCUT2D eigenvalue weighted by Gasteiger charge is -2.32. The molecule has 1 aliphatic heterocycles. The zero-order valence-electron chi connectivity index (χ0n) is 11.5. The summed E-state index contributed by atoms with van der Waals surface area (Å²) >= 11 is 5.74. The van der Waals surface area contributed by atoms with Crippen LogP contribution in [0.4, 0.5) is 5.69 Å². The van der Waals surface area contributed by atoms with Crippen molar-refractivity contribution >= 4 is 23.2 Å². The Labute approximate surface area is 126 Å². The Balaban J connectivity index is 2.30. The van der Waals surface area contributed by atoms with Crippen LogP contribution in [0, 0.1) is 10.1 Å². The van der Waals surface area contributed by atoms with Crippen molar-refractivity contribution in [2.24, 2.45) is 0 Å². The second kappa shape index (κ2) is 6.73. The lowest BCUT2D eigenvalue weighted by atomic mass is 10.1. The fourth-order valence-corrected chi connectivity index (χ4v) is 2.41. The van der Waals surface area contributed by atoms with E-state index in [1.54, 1.807) is 4.90 Å².